The zero-order valence-corrected chi connectivity index (χ0v) is 10.8. The highest BCUT2D eigenvalue weighted by atomic mass is 35.5. The average Bonchev–Trinajstić information content (AvgIpc) is 2.61. The van der Waals surface area contributed by atoms with Crippen LogP contribution in [0.1, 0.15) is 44.4 Å². The van der Waals surface area contributed by atoms with E-state index in [2.05, 4.69) is 32.9 Å². The summed E-state index contributed by atoms with van der Waals surface area (Å²) in [6.07, 6.45) is 2.07. The van der Waals surface area contributed by atoms with Gasteiger partial charge >= 0.3 is 0 Å². The molecule has 0 fully saturated rings. The standard InChI is InChI=1S/C14H17ClO/c1-4-5-12-7-11-6-10(9(2)3)8-13(15)14(11)16-12/h6-9H,4-5H2,1-3H3. The molecule has 0 unspecified atom stereocenters. The third-order valence-corrected chi connectivity index (χ3v) is 3.09. The van der Waals surface area contributed by atoms with Crippen LogP contribution in [0.3, 0.4) is 0 Å². The number of rotatable bonds is 3. The third-order valence-electron chi connectivity index (χ3n) is 2.81. The smallest absolute Gasteiger partial charge is 0.152 e. The Morgan fingerprint density at radius 2 is 2.00 bits per heavy atom. The molecule has 0 aliphatic carbocycles. The molecule has 1 aromatic carbocycles. The van der Waals surface area contributed by atoms with Gasteiger partial charge in [-0.25, -0.2) is 0 Å². The molecule has 0 saturated carbocycles. The molecule has 0 amide bonds. The van der Waals surface area contributed by atoms with Crippen molar-refractivity contribution in [1.82, 2.24) is 0 Å². The SMILES string of the molecule is CCCc1cc2cc(C(C)C)cc(Cl)c2o1. The van der Waals surface area contributed by atoms with Crippen LogP contribution in [0.5, 0.6) is 0 Å². The number of benzene rings is 1. The first-order valence-electron chi connectivity index (χ1n) is 5.83. The van der Waals surface area contributed by atoms with E-state index in [4.69, 9.17) is 16.0 Å². The maximum absolute atomic E-state index is 6.23. The van der Waals surface area contributed by atoms with Crippen molar-refractivity contribution in [3.63, 3.8) is 0 Å². The molecular weight excluding hydrogens is 220 g/mol. The molecule has 0 N–H and O–H groups in total. The first-order chi connectivity index (χ1) is 7.61. The number of hydrogen-bond donors (Lipinski definition) is 0. The number of fused-ring (bicyclic) bond motifs is 1. The number of hydrogen-bond acceptors (Lipinski definition) is 1. The van der Waals surface area contributed by atoms with Gasteiger partial charge in [-0.2, -0.15) is 0 Å². The van der Waals surface area contributed by atoms with Gasteiger partial charge in [-0.1, -0.05) is 32.4 Å². The molecule has 0 saturated heterocycles. The maximum atomic E-state index is 6.23. The molecule has 0 aliphatic rings. The molecule has 0 spiro atoms. The topological polar surface area (TPSA) is 13.1 Å². The molecular formula is C14H17ClO. The Labute approximate surface area is 101 Å². The molecule has 1 aromatic heterocycles. The summed E-state index contributed by atoms with van der Waals surface area (Å²) in [6, 6.07) is 6.29. The van der Waals surface area contributed by atoms with Crippen LogP contribution < -0.4 is 0 Å². The first-order valence-corrected chi connectivity index (χ1v) is 6.21. The van der Waals surface area contributed by atoms with Crippen molar-refractivity contribution in [3.8, 4) is 0 Å². The van der Waals surface area contributed by atoms with E-state index in [1.54, 1.807) is 0 Å². The van der Waals surface area contributed by atoms with E-state index in [0.717, 1.165) is 34.6 Å². The Kier molecular flexibility index (Phi) is 3.25. The van der Waals surface area contributed by atoms with Gasteiger partial charge in [0, 0.05) is 11.8 Å². The van der Waals surface area contributed by atoms with E-state index in [1.165, 1.54) is 5.56 Å². The Bertz CT molecular complexity index is 497. The molecule has 0 aliphatic heterocycles. The van der Waals surface area contributed by atoms with Gasteiger partial charge in [0.25, 0.3) is 0 Å². The van der Waals surface area contributed by atoms with Crippen molar-refractivity contribution in [2.75, 3.05) is 0 Å². The molecule has 0 radical (unpaired) electrons. The predicted molar refractivity (Wildman–Crippen MR) is 69.3 cm³/mol. The van der Waals surface area contributed by atoms with Gasteiger partial charge in [0.05, 0.1) is 5.02 Å². The van der Waals surface area contributed by atoms with E-state index in [9.17, 15) is 0 Å². The molecule has 2 rings (SSSR count). The van der Waals surface area contributed by atoms with Gasteiger partial charge in [-0.3, -0.25) is 0 Å². The van der Waals surface area contributed by atoms with Crippen molar-refractivity contribution < 1.29 is 4.42 Å². The zero-order chi connectivity index (χ0) is 11.7. The van der Waals surface area contributed by atoms with Crippen molar-refractivity contribution in [2.45, 2.75) is 39.5 Å². The summed E-state index contributed by atoms with van der Waals surface area (Å²) in [5, 5.41) is 1.85. The highest BCUT2D eigenvalue weighted by molar-refractivity contribution is 6.34. The molecule has 1 heterocycles. The molecule has 2 aromatic rings. The highest BCUT2D eigenvalue weighted by Crippen LogP contribution is 2.31. The van der Waals surface area contributed by atoms with Gasteiger partial charge in [-0.05, 0) is 36.1 Å². The number of furan rings is 1. The third kappa shape index (κ3) is 2.10. The average molecular weight is 237 g/mol. The fourth-order valence-corrected chi connectivity index (χ4v) is 2.16. The number of halogens is 1. The molecule has 1 nitrogen and oxygen atoms in total. The van der Waals surface area contributed by atoms with Gasteiger partial charge in [0.15, 0.2) is 5.58 Å². The molecule has 0 atom stereocenters. The summed E-state index contributed by atoms with van der Waals surface area (Å²) in [5.74, 6) is 1.52. The fraction of sp³-hybridized carbons (Fsp3) is 0.429. The lowest BCUT2D eigenvalue weighted by molar-refractivity contribution is 0.544. The van der Waals surface area contributed by atoms with E-state index in [-0.39, 0.29) is 0 Å². The highest BCUT2D eigenvalue weighted by Gasteiger charge is 2.10. The lowest BCUT2D eigenvalue weighted by Gasteiger charge is -2.05. The minimum Gasteiger partial charge on any atom is -0.460 e. The first kappa shape index (κ1) is 11.5. The minimum absolute atomic E-state index is 0.492. The quantitative estimate of drug-likeness (QED) is 0.717. The molecule has 0 bridgehead atoms. The largest absolute Gasteiger partial charge is 0.460 e. The van der Waals surface area contributed by atoms with Crippen LogP contribution >= 0.6 is 11.6 Å². The Morgan fingerprint density at radius 3 is 2.62 bits per heavy atom. The second-order valence-electron chi connectivity index (χ2n) is 4.54. The van der Waals surface area contributed by atoms with Crippen LogP contribution in [0.2, 0.25) is 5.02 Å². The van der Waals surface area contributed by atoms with Gasteiger partial charge in [-0.15, -0.1) is 0 Å². The van der Waals surface area contributed by atoms with Crippen LogP contribution in [0.15, 0.2) is 22.6 Å². The van der Waals surface area contributed by atoms with Crippen LogP contribution in [-0.2, 0) is 6.42 Å². The number of aryl methyl sites for hydroxylation is 1. The Morgan fingerprint density at radius 1 is 1.25 bits per heavy atom. The van der Waals surface area contributed by atoms with Crippen LogP contribution in [0, 0.1) is 0 Å². The summed E-state index contributed by atoms with van der Waals surface area (Å²) in [5.41, 5.74) is 2.09. The van der Waals surface area contributed by atoms with Crippen LogP contribution in [0.25, 0.3) is 11.0 Å². The molecule has 86 valence electrons. The van der Waals surface area contributed by atoms with Gasteiger partial charge < -0.3 is 4.42 Å². The summed E-state index contributed by atoms with van der Waals surface area (Å²) >= 11 is 6.23. The summed E-state index contributed by atoms with van der Waals surface area (Å²) < 4.78 is 5.74. The normalized spacial score (nSPS) is 11.6. The van der Waals surface area contributed by atoms with Gasteiger partial charge in [0.1, 0.15) is 5.76 Å². The summed E-state index contributed by atoms with van der Waals surface area (Å²) in [7, 11) is 0. The van der Waals surface area contributed by atoms with E-state index in [1.807, 2.05) is 6.07 Å². The van der Waals surface area contributed by atoms with Crippen molar-refractivity contribution in [2.24, 2.45) is 0 Å². The van der Waals surface area contributed by atoms with E-state index >= 15 is 0 Å². The lowest BCUT2D eigenvalue weighted by atomic mass is 10.0. The van der Waals surface area contributed by atoms with Crippen molar-refractivity contribution >= 4 is 22.6 Å². The van der Waals surface area contributed by atoms with Crippen molar-refractivity contribution in [1.29, 1.82) is 0 Å². The summed E-state index contributed by atoms with van der Waals surface area (Å²) in [6.45, 7) is 6.49. The molecule has 2 heteroatoms. The fourth-order valence-electron chi connectivity index (χ4n) is 1.89. The van der Waals surface area contributed by atoms with Crippen molar-refractivity contribution in [3.05, 3.63) is 34.5 Å². The van der Waals surface area contributed by atoms with E-state index < -0.39 is 0 Å². The second kappa shape index (κ2) is 4.50. The minimum atomic E-state index is 0.492. The maximum Gasteiger partial charge on any atom is 0.152 e. The predicted octanol–water partition coefficient (Wildman–Crippen LogP) is 5.16. The van der Waals surface area contributed by atoms with E-state index in [0.29, 0.717) is 5.92 Å². The van der Waals surface area contributed by atoms with Gasteiger partial charge in [0.2, 0.25) is 0 Å². The molecule has 16 heavy (non-hydrogen) atoms. The zero-order valence-electron chi connectivity index (χ0n) is 10.0. The Hall–Kier alpha value is -0.950. The van der Waals surface area contributed by atoms with Crippen LogP contribution in [-0.4, -0.2) is 0 Å². The monoisotopic (exact) mass is 236 g/mol. The lowest BCUT2D eigenvalue weighted by Crippen LogP contribution is -1.86. The summed E-state index contributed by atoms with van der Waals surface area (Å²) in [4.78, 5) is 0. The van der Waals surface area contributed by atoms with Crippen LogP contribution in [0.4, 0.5) is 0 Å². The Balaban J connectivity index is 2.54. The second-order valence-corrected chi connectivity index (χ2v) is 4.95.